The van der Waals surface area contributed by atoms with Crippen LogP contribution in [0.3, 0.4) is 0 Å². The molecule has 2 bridgehead atoms. The summed E-state index contributed by atoms with van der Waals surface area (Å²) >= 11 is 0. The Hall–Kier alpha value is -0.700. The van der Waals surface area contributed by atoms with Gasteiger partial charge >= 0.3 is 0 Å². The molecule has 0 aromatic heterocycles. The normalized spacial score (nSPS) is 31.0. The van der Waals surface area contributed by atoms with Crippen LogP contribution in [-0.4, -0.2) is 68.4 Å². The second kappa shape index (κ2) is 5.59. The van der Waals surface area contributed by atoms with E-state index in [-0.39, 0.29) is 36.6 Å². The summed E-state index contributed by atoms with van der Waals surface area (Å²) in [4.78, 5) is 12.1. The van der Waals surface area contributed by atoms with Crippen molar-refractivity contribution in [3.63, 3.8) is 0 Å². The predicted octanol–water partition coefficient (Wildman–Crippen LogP) is -0.593. The van der Waals surface area contributed by atoms with Crippen molar-refractivity contribution in [2.75, 3.05) is 27.2 Å². The van der Waals surface area contributed by atoms with Gasteiger partial charge in [0.05, 0.1) is 18.1 Å². The lowest BCUT2D eigenvalue weighted by molar-refractivity contribution is -0.127. The topological polar surface area (TPSA) is 79.0 Å². The minimum absolute atomic E-state index is 0.0448. The Morgan fingerprint density at radius 3 is 2.55 bits per heavy atom. The molecule has 2 rings (SSSR count). The molecule has 1 N–H and O–H groups in total. The number of ether oxygens (including phenoxy) is 1. The monoisotopic (exact) mass is 305 g/mol. The summed E-state index contributed by atoms with van der Waals surface area (Å²) < 4.78 is 32.6. The third kappa shape index (κ3) is 2.98. The van der Waals surface area contributed by atoms with Crippen molar-refractivity contribution >= 4 is 16.1 Å². The Labute approximate surface area is 120 Å². The molecule has 0 saturated carbocycles. The van der Waals surface area contributed by atoms with E-state index in [0.717, 1.165) is 0 Å². The van der Waals surface area contributed by atoms with E-state index in [2.05, 4.69) is 5.32 Å². The molecule has 20 heavy (non-hydrogen) atoms. The molecule has 1 amide bonds. The molecule has 0 aromatic rings. The quantitative estimate of drug-likeness (QED) is 0.753. The molecule has 116 valence electrons. The standard InChI is InChI=1S/C12H23N3O4S/c1-8(2)13-12(16)10-5-9-6-15(7-11(10)19-9)20(17,18)14(3)4/h8-11H,5-7H2,1-4H3,(H,13,16)/t9-,10+,11-/m1/s1. The van der Waals surface area contributed by atoms with Crippen LogP contribution in [0.25, 0.3) is 0 Å². The van der Waals surface area contributed by atoms with Gasteiger partial charge in [0.25, 0.3) is 10.2 Å². The first-order chi connectivity index (χ1) is 9.21. The second-order valence-corrected chi connectivity index (χ2v) is 8.05. The predicted molar refractivity (Wildman–Crippen MR) is 74.2 cm³/mol. The zero-order chi connectivity index (χ0) is 15.1. The van der Waals surface area contributed by atoms with Crippen molar-refractivity contribution in [2.24, 2.45) is 5.92 Å². The number of nitrogens with zero attached hydrogens (tertiary/aromatic N) is 2. The minimum Gasteiger partial charge on any atom is -0.371 e. The van der Waals surface area contributed by atoms with Crippen LogP contribution < -0.4 is 5.32 Å². The van der Waals surface area contributed by atoms with E-state index < -0.39 is 10.2 Å². The molecule has 0 spiro atoms. The molecule has 2 aliphatic heterocycles. The fourth-order valence-electron chi connectivity index (χ4n) is 2.71. The van der Waals surface area contributed by atoms with E-state index in [1.165, 1.54) is 22.7 Å². The average molecular weight is 305 g/mol. The van der Waals surface area contributed by atoms with E-state index in [1.807, 2.05) is 13.8 Å². The van der Waals surface area contributed by atoms with Crippen LogP contribution in [0, 0.1) is 5.92 Å². The molecule has 0 aromatic carbocycles. The molecule has 2 heterocycles. The highest BCUT2D eigenvalue weighted by molar-refractivity contribution is 7.86. The summed E-state index contributed by atoms with van der Waals surface area (Å²) in [6, 6.07) is 0.0737. The molecule has 0 unspecified atom stereocenters. The lowest BCUT2D eigenvalue weighted by Gasteiger charge is -2.33. The molecule has 0 aliphatic carbocycles. The number of carbonyl (C=O) groups is 1. The number of amides is 1. The molecule has 2 saturated heterocycles. The lowest BCUT2D eigenvalue weighted by atomic mass is 9.99. The van der Waals surface area contributed by atoms with Crippen LogP contribution in [0.5, 0.6) is 0 Å². The third-order valence-corrected chi connectivity index (χ3v) is 5.55. The van der Waals surface area contributed by atoms with Gasteiger partial charge in [0.2, 0.25) is 5.91 Å². The Balaban J connectivity index is 2.08. The van der Waals surface area contributed by atoms with Crippen molar-refractivity contribution < 1.29 is 17.9 Å². The van der Waals surface area contributed by atoms with Crippen molar-refractivity contribution in [3.05, 3.63) is 0 Å². The first-order valence-electron chi connectivity index (χ1n) is 6.85. The summed E-state index contributed by atoms with van der Waals surface area (Å²) in [6.45, 7) is 4.38. The maximum absolute atomic E-state index is 12.2. The lowest BCUT2D eigenvalue weighted by Crippen LogP contribution is -2.51. The van der Waals surface area contributed by atoms with Gasteiger partial charge in [-0.3, -0.25) is 4.79 Å². The first-order valence-corrected chi connectivity index (χ1v) is 8.25. The summed E-state index contributed by atoms with van der Waals surface area (Å²) in [5, 5.41) is 2.88. The summed E-state index contributed by atoms with van der Waals surface area (Å²) in [5.41, 5.74) is 0. The highest BCUT2D eigenvalue weighted by Crippen LogP contribution is 2.33. The maximum atomic E-state index is 12.2. The summed E-state index contributed by atoms with van der Waals surface area (Å²) in [6.07, 6.45) is 0.0523. The van der Waals surface area contributed by atoms with E-state index in [1.54, 1.807) is 0 Å². The summed E-state index contributed by atoms with van der Waals surface area (Å²) in [7, 11) is -0.424. The van der Waals surface area contributed by atoms with Gasteiger partial charge < -0.3 is 10.1 Å². The van der Waals surface area contributed by atoms with Gasteiger partial charge in [-0.25, -0.2) is 0 Å². The molecule has 3 atom stereocenters. The van der Waals surface area contributed by atoms with Crippen molar-refractivity contribution in [1.29, 1.82) is 0 Å². The Bertz CT molecular complexity index is 477. The van der Waals surface area contributed by atoms with Crippen molar-refractivity contribution in [1.82, 2.24) is 13.9 Å². The van der Waals surface area contributed by atoms with E-state index >= 15 is 0 Å². The smallest absolute Gasteiger partial charge is 0.281 e. The van der Waals surface area contributed by atoms with Gasteiger partial charge in [0, 0.05) is 33.2 Å². The number of hydrogen-bond acceptors (Lipinski definition) is 4. The average Bonchev–Trinajstić information content (AvgIpc) is 2.62. The molecule has 7 nitrogen and oxygen atoms in total. The van der Waals surface area contributed by atoms with E-state index in [0.29, 0.717) is 13.0 Å². The molecule has 0 radical (unpaired) electrons. The van der Waals surface area contributed by atoms with Gasteiger partial charge in [-0.2, -0.15) is 17.0 Å². The molecule has 8 heteroatoms. The Morgan fingerprint density at radius 1 is 1.35 bits per heavy atom. The molecular formula is C12H23N3O4S. The van der Waals surface area contributed by atoms with Crippen LogP contribution in [0.15, 0.2) is 0 Å². The van der Waals surface area contributed by atoms with Gasteiger partial charge in [-0.1, -0.05) is 0 Å². The van der Waals surface area contributed by atoms with Gasteiger partial charge in [-0.05, 0) is 20.3 Å². The molecular weight excluding hydrogens is 282 g/mol. The number of hydrogen-bond donors (Lipinski definition) is 1. The van der Waals surface area contributed by atoms with Gasteiger partial charge in [0.1, 0.15) is 0 Å². The van der Waals surface area contributed by atoms with E-state index in [9.17, 15) is 13.2 Å². The summed E-state index contributed by atoms with van der Waals surface area (Å²) in [5.74, 6) is -0.304. The Kier molecular flexibility index (Phi) is 4.38. The van der Waals surface area contributed by atoms with Gasteiger partial charge in [-0.15, -0.1) is 0 Å². The largest absolute Gasteiger partial charge is 0.371 e. The third-order valence-electron chi connectivity index (χ3n) is 3.68. The fraction of sp³-hybridized carbons (Fsp3) is 0.917. The number of fused-ring (bicyclic) bond motifs is 2. The van der Waals surface area contributed by atoms with Crippen LogP contribution in [0.1, 0.15) is 20.3 Å². The highest BCUT2D eigenvalue weighted by atomic mass is 32.2. The fourth-order valence-corrected chi connectivity index (χ4v) is 3.86. The molecule has 2 aliphatic rings. The highest BCUT2D eigenvalue weighted by Gasteiger charge is 2.47. The number of morpholine rings is 1. The number of nitrogens with one attached hydrogen (secondary N) is 1. The van der Waals surface area contributed by atoms with Crippen molar-refractivity contribution in [3.8, 4) is 0 Å². The second-order valence-electron chi connectivity index (χ2n) is 5.91. The Morgan fingerprint density at radius 2 is 2.00 bits per heavy atom. The van der Waals surface area contributed by atoms with Gasteiger partial charge in [0.15, 0.2) is 0 Å². The van der Waals surface area contributed by atoms with Crippen molar-refractivity contribution in [2.45, 2.75) is 38.5 Å². The van der Waals surface area contributed by atoms with Crippen LogP contribution >= 0.6 is 0 Å². The zero-order valence-corrected chi connectivity index (χ0v) is 13.2. The SMILES string of the molecule is CC(C)NC(=O)[C@H]1C[C@@H]2CN(S(=O)(=O)N(C)C)C[C@H]1O2. The van der Waals surface area contributed by atoms with E-state index in [4.69, 9.17) is 4.74 Å². The number of rotatable bonds is 4. The number of carbonyl (C=O) groups excluding carboxylic acids is 1. The molecule has 2 fully saturated rings. The minimum atomic E-state index is -3.44. The maximum Gasteiger partial charge on any atom is 0.281 e. The van der Waals surface area contributed by atoms with Crippen LogP contribution in [-0.2, 0) is 19.7 Å². The van der Waals surface area contributed by atoms with Crippen LogP contribution in [0.2, 0.25) is 0 Å². The zero-order valence-electron chi connectivity index (χ0n) is 12.4. The van der Waals surface area contributed by atoms with Crippen LogP contribution in [0.4, 0.5) is 0 Å². The first kappa shape index (κ1) is 15.7.